The molecule has 3 heteroatoms. The van der Waals surface area contributed by atoms with Crippen LogP contribution in [0.2, 0.25) is 0 Å². The molecule has 0 fully saturated rings. The lowest BCUT2D eigenvalue weighted by atomic mass is 10.1. The first-order valence-corrected chi connectivity index (χ1v) is 4.96. The second-order valence-corrected chi connectivity index (χ2v) is 4.87. The van der Waals surface area contributed by atoms with Crippen molar-refractivity contribution in [3.05, 3.63) is 23.4 Å². The van der Waals surface area contributed by atoms with Crippen molar-refractivity contribution in [2.45, 2.75) is 39.4 Å². The Morgan fingerprint density at radius 2 is 2.00 bits per heavy atom. The van der Waals surface area contributed by atoms with Gasteiger partial charge in [0.05, 0.1) is 5.69 Å². The van der Waals surface area contributed by atoms with Crippen LogP contribution < -0.4 is 5.73 Å². The van der Waals surface area contributed by atoms with Crippen LogP contribution in [0.25, 0.3) is 0 Å². The maximum atomic E-state index is 5.66. The third kappa shape index (κ3) is 1.60. The van der Waals surface area contributed by atoms with Crippen molar-refractivity contribution in [1.29, 1.82) is 0 Å². The van der Waals surface area contributed by atoms with Crippen molar-refractivity contribution in [2.75, 3.05) is 5.73 Å². The summed E-state index contributed by atoms with van der Waals surface area (Å²) in [6.45, 7) is 8.59. The summed E-state index contributed by atoms with van der Waals surface area (Å²) >= 11 is 0. The number of hydrogen-bond acceptors (Lipinski definition) is 3. The number of nitrogens with two attached hydrogens (primary N) is 1. The van der Waals surface area contributed by atoms with Crippen LogP contribution >= 0.6 is 0 Å². The average Bonchev–Trinajstić information content (AvgIpc) is 2.45. The summed E-state index contributed by atoms with van der Waals surface area (Å²) in [5.74, 6) is 0.625. The van der Waals surface area contributed by atoms with Crippen LogP contribution in [0.15, 0.2) is 12.1 Å². The minimum absolute atomic E-state index is 0.204. The molecule has 76 valence electrons. The van der Waals surface area contributed by atoms with E-state index in [9.17, 15) is 0 Å². The smallest absolute Gasteiger partial charge is 0.123 e. The minimum Gasteiger partial charge on any atom is -0.384 e. The third-order valence-corrected chi connectivity index (χ3v) is 2.74. The highest BCUT2D eigenvalue weighted by Crippen LogP contribution is 2.28. The van der Waals surface area contributed by atoms with Gasteiger partial charge in [-0.3, -0.25) is 4.90 Å². The Morgan fingerprint density at radius 1 is 1.29 bits per heavy atom. The number of rotatable bonds is 0. The van der Waals surface area contributed by atoms with Crippen LogP contribution in [0.3, 0.4) is 0 Å². The highest BCUT2D eigenvalue weighted by molar-refractivity contribution is 5.36. The van der Waals surface area contributed by atoms with E-state index in [0.29, 0.717) is 5.82 Å². The maximum absolute atomic E-state index is 5.66. The quantitative estimate of drug-likeness (QED) is 0.679. The molecule has 2 N–H and O–H groups in total. The Labute approximate surface area is 84.9 Å². The van der Waals surface area contributed by atoms with Gasteiger partial charge in [-0.15, -0.1) is 0 Å². The maximum Gasteiger partial charge on any atom is 0.123 e. The van der Waals surface area contributed by atoms with Crippen LogP contribution in [-0.4, -0.2) is 15.4 Å². The van der Waals surface area contributed by atoms with Crippen molar-refractivity contribution in [3.63, 3.8) is 0 Å². The molecule has 14 heavy (non-hydrogen) atoms. The molecule has 2 rings (SSSR count). The third-order valence-electron chi connectivity index (χ3n) is 2.74. The summed E-state index contributed by atoms with van der Waals surface area (Å²) in [6.07, 6.45) is 0. The second kappa shape index (κ2) is 2.95. The van der Waals surface area contributed by atoms with Gasteiger partial charge < -0.3 is 5.73 Å². The summed E-state index contributed by atoms with van der Waals surface area (Å²) < 4.78 is 0. The molecule has 0 aromatic carbocycles. The van der Waals surface area contributed by atoms with Crippen molar-refractivity contribution < 1.29 is 0 Å². The second-order valence-electron chi connectivity index (χ2n) is 4.87. The molecule has 0 bridgehead atoms. The first-order chi connectivity index (χ1) is 6.47. The Morgan fingerprint density at radius 3 is 2.64 bits per heavy atom. The minimum atomic E-state index is 0.204. The number of aromatic nitrogens is 1. The van der Waals surface area contributed by atoms with Gasteiger partial charge in [0, 0.05) is 18.6 Å². The highest BCUT2D eigenvalue weighted by Gasteiger charge is 2.28. The van der Waals surface area contributed by atoms with Gasteiger partial charge in [-0.2, -0.15) is 0 Å². The fourth-order valence-electron chi connectivity index (χ4n) is 1.74. The number of nitrogens with zero attached hydrogens (tertiary/aromatic N) is 2. The van der Waals surface area contributed by atoms with Crippen LogP contribution in [0, 0.1) is 0 Å². The molecule has 1 aromatic rings. The van der Waals surface area contributed by atoms with Gasteiger partial charge in [-0.25, -0.2) is 4.98 Å². The van der Waals surface area contributed by atoms with Gasteiger partial charge in [0.1, 0.15) is 5.82 Å². The summed E-state index contributed by atoms with van der Waals surface area (Å²) in [7, 11) is 0. The van der Waals surface area contributed by atoms with E-state index in [1.165, 1.54) is 5.56 Å². The molecule has 1 aliphatic rings. The molecule has 1 aliphatic heterocycles. The lowest BCUT2D eigenvalue weighted by Crippen LogP contribution is -2.36. The fourth-order valence-corrected chi connectivity index (χ4v) is 1.74. The molecule has 2 heterocycles. The Kier molecular flexibility index (Phi) is 2.00. The Balaban J connectivity index is 2.26. The van der Waals surface area contributed by atoms with Gasteiger partial charge in [0.15, 0.2) is 0 Å². The fraction of sp³-hybridized carbons (Fsp3) is 0.545. The van der Waals surface area contributed by atoms with Crippen molar-refractivity contribution in [1.82, 2.24) is 9.88 Å². The zero-order valence-corrected chi connectivity index (χ0v) is 9.04. The van der Waals surface area contributed by atoms with Crippen LogP contribution in [0.1, 0.15) is 32.0 Å². The van der Waals surface area contributed by atoms with E-state index in [2.05, 4.69) is 36.7 Å². The predicted octanol–water partition coefficient (Wildman–Crippen LogP) is 1.78. The number of fused-ring (bicyclic) bond motifs is 1. The summed E-state index contributed by atoms with van der Waals surface area (Å²) in [5, 5.41) is 0. The number of anilines is 1. The molecule has 1 aromatic heterocycles. The Hall–Kier alpha value is -1.09. The lowest BCUT2D eigenvalue weighted by Gasteiger charge is -2.30. The van der Waals surface area contributed by atoms with Gasteiger partial charge in [0.2, 0.25) is 0 Å². The van der Waals surface area contributed by atoms with Crippen LogP contribution in [0.4, 0.5) is 5.82 Å². The van der Waals surface area contributed by atoms with Gasteiger partial charge in [0.25, 0.3) is 0 Å². The molecule has 0 amide bonds. The van der Waals surface area contributed by atoms with E-state index < -0.39 is 0 Å². The SMILES string of the molecule is CC(C)(C)N1Cc2ccc(N)nc2C1. The summed E-state index contributed by atoms with van der Waals surface area (Å²) in [6, 6.07) is 3.97. The zero-order valence-electron chi connectivity index (χ0n) is 9.04. The van der Waals surface area contributed by atoms with E-state index in [1.54, 1.807) is 0 Å². The summed E-state index contributed by atoms with van der Waals surface area (Å²) in [4.78, 5) is 6.76. The molecular weight excluding hydrogens is 174 g/mol. The van der Waals surface area contributed by atoms with E-state index >= 15 is 0 Å². The molecule has 0 atom stereocenters. The van der Waals surface area contributed by atoms with Crippen LogP contribution in [0.5, 0.6) is 0 Å². The summed E-state index contributed by atoms with van der Waals surface area (Å²) in [5.41, 5.74) is 8.31. The average molecular weight is 191 g/mol. The monoisotopic (exact) mass is 191 g/mol. The standard InChI is InChI=1S/C11H17N3/c1-11(2,3)14-6-8-4-5-10(12)13-9(8)7-14/h4-5H,6-7H2,1-3H3,(H2,12,13). The molecular formula is C11H17N3. The van der Waals surface area contributed by atoms with Crippen LogP contribution in [-0.2, 0) is 13.1 Å². The van der Waals surface area contributed by atoms with Crippen molar-refractivity contribution in [3.8, 4) is 0 Å². The number of pyridine rings is 1. The predicted molar refractivity (Wildman–Crippen MR) is 57.6 cm³/mol. The van der Waals surface area contributed by atoms with E-state index in [4.69, 9.17) is 5.73 Å². The van der Waals surface area contributed by atoms with Crippen molar-refractivity contribution >= 4 is 5.82 Å². The van der Waals surface area contributed by atoms with E-state index in [0.717, 1.165) is 18.8 Å². The molecule has 0 unspecified atom stereocenters. The zero-order chi connectivity index (χ0) is 10.3. The van der Waals surface area contributed by atoms with E-state index in [-0.39, 0.29) is 5.54 Å². The Bertz CT molecular complexity index is 352. The van der Waals surface area contributed by atoms with Crippen molar-refractivity contribution in [2.24, 2.45) is 0 Å². The first kappa shape index (κ1) is 9.46. The highest BCUT2D eigenvalue weighted by atomic mass is 15.2. The molecule has 0 saturated heterocycles. The lowest BCUT2D eigenvalue weighted by molar-refractivity contribution is 0.135. The normalized spacial score (nSPS) is 17.1. The number of nitrogen functional groups attached to an aromatic ring is 1. The topological polar surface area (TPSA) is 42.1 Å². The molecule has 0 saturated carbocycles. The molecule has 0 spiro atoms. The van der Waals surface area contributed by atoms with Gasteiger partial charge in [-0.1, -0.05) is 6.07 Å². The van der Waals surface area contributed by atoms with Gasteiger partial charge >= 0.3 is 0 Å². The molecule has 0 aliphatic carbocycles. The number of hydrogen-bond donors (Lipinski definition) is 1. The van der Waals surface area contributed by atoms with Gasteiger partial charge in [-0.05, 0) is 32.4 Å². The molecule has 0 radical (unpaired) electrons. The molecule has 3 nitrogen and oxygen atoms in total. The first-order valence-electron chi connectivity index (χ1n) is 4.96. The largest absolute Gasteiger partial charge is 0.384 e. The van der Waals surface area contributed by atoms with E-state index in [1.807, 2.05) is 6.07 Å².